The quantitative estimate of drug-likeness (QED) is 0.593. The van der Waals surface area contributed by atoms with E-state index in [1.54, 1.807) is 0 Å². The molecule has 0 aromatic heterocycles. The number of ether oxygens (including phenoxy) is 1. The number of rotatable bonds is 6. The molecule has 1 heterocycles. The van der Waals surface area contributed by atoms with E-state index < -0.39 is 0 Å². The van der Waals surface area contributed by atoms with Gasteiger partial charge in [-0.25, -0.2) is 0 Å². The Bertz CT molecular complexity index is 912. The van der Waals surface area contributed by atoms with Crippen molar-refractivity contribution in [3.63, 3.8) is 0 Å². The van der Waals surface area contributed by atoms with Gasteiger partial charge in [0.15, 0.2) is 0 Å². The summed E-state index contributed by atoms with van der Waals surface area (Å²) in [6.45, 7) is 0.596. The molecule has 0 N–H and O–H groups in total. The summed E-state index contributed by atoms with van der Waals surface area (Å²) >= 11 is 4.69. The normalized spacial score (nSPS) is 19.0. The van der Waals surface area contributed by atoms with Gasteiger partial charge in [-0.1, -0.05) is 60.7 Å². The van der Waals surface area contributed by atoms with Gasteiger partial charge in [0, 0.05) is 24.3 Å². The van der Waals surface area contributed by atoms with Gasteiger partial charge in [-0.05, 0) is 41.8 Å². The van der Waals surface area contributed by atoms with Crippen LogP contribution in [0.5, 0.6) is 11.5 Å². The van der Waals surface area contributed by atoms with E-state index in [-0.39, 0.29) is 17.2 Å². The third kappa shape index (κ3) is 4.39. The fourth-order valence-corrected chi connectivity index (χ4v) is 4.04. The van der Waals surface area contributed by atoms with Crippen LogP contribution in [0.1, 0.15) is 17.5 Å². The topological polar surface area (TPSA) is 29.5 Å². The number of benzene rings is 3. The minimum Gasteiger partial charge on any atom is -0.457 e. The molecule has 4 heteroatoms. The second-order valence-corrected chi connectivity index (χ2v) is 7.77. The smallest absolute Gasteiger partial charge is 0.224 e. The van der Waals surface area contributed by atoms with Crippen molar-refractivity contribution in [3.8, 4) is 11.5 Å². The van der Waals surface area contributed by atoms with E-state index in [9.17, 15) is 4.79 Å². The fourth-order valence-electron chi connectivity index (χ4n) is 3.62. The molecule has 2 atom stereocenters. The van der Waals surface area contributed by atoms with Gasteiger partial charge in [-0.15, -0.1) is 0 Å². The monoisotopic (exact) mass is 389 g/mol. The molecular formula is C24H23NO2S. The standard InChI is InChI=1S/C24H23NO2S/c26-24-16-23(28)22(15-18-7-3-1-4-8-18)25(24)17-19-11-13-21(14-12-19)27-20-9-5-2-6-10-20/h1-14,22-23,28H,15-17H2/t22-,23+/m0/s1. The Kier molecular flexibility index (Phi) is 5.68. The van der Waals surface area contributed by atoms with Gasteiger partial charge in [0.25, 0.3) is 0 Å². The first-order chi connectivity index (χ1) is 13.7. The summed E-state index contributed by atoms with van der Waals surface area (Å²) in [5, 5.41) is 0.0633. The molecule has 4 rings (SSSR count). The molecular weight excluding hydrogens is 366 g/mol. The molecule has 3 aromatic rings. The first-order valence-corrected chi connectivity index (χ1v) is 10.0. The van der Waals surface area contributed by atoms with Gasteiger partial charge in [-0.3, -0.25) is 4.79 Å². The van der Waals surface area contributed by atoms with Crippen LogP contribution in [-0.4, -0.2) is 22.1 Å². The van der Waals surface area contributed by atoms with Crippen molar-refractivity contribution >= 4 is 18.5 Å². The lowest BCUT2D eigenvalue weighted by Crippen LogP contribution is -2.36. The molecule has 0 radical (unpaired) electrons. The number of thiol groups is 1. The van der Waals surface area contributed by atoms with E-state index in [2.05, 4.69) is 12.1 Å². The number of likely N-dealkylation sites (tertiary alicyclic amines) is 1. The van der Waals surface area contributed by atoms with Gasteiger partial charge in [0.1, 0.15) is 11.5 Å². The van der Waals surface area contributed by atoms with E-state index in [1.807, 2.05) is 77.7 Å². The van der Waals surface area contributed by atoms with Crippen molar-refractivity contribution in [2.75, 3.05) is 0 Å². The second-order valence-electron chi connectivity index (χ2n) is 7.11. The maximum Gasteiger partial charge on any atom is 0.224 e. The predicted octanol–water partition coefficient (Wildman–Crippen LogP) is 5.12. The van der Waals surface area contributed by atoms with Crippen molar-refractivity contribution in [1.82, 2.24) is 4.90 Å². The summed E-state index contributed by atoms with van der Waals surface area (Å²) in [7, 11) is 0. The van der Waals surface area contributed by atoms with Gasteiger partial charge >= 0.3 is 0 Å². The van der Waals surface area contributed by atoms with Crippen molar-refractivity contribution in [2.24, 2.45) is 0 Å². The molecule has 28 heavy (non-hydrogen) atoms. The molecule has 0 aliphatic carbocycles. The highest BCUT2D eigenvalue weighted by Gasteiger charge is 2.37. The summed E-state index contributed by atoms with van der Waals surface area (Å²) in [5.74, 6) is 1.77. The zero-order valence-corrected chi connectivity index (χ0v) is 16.5. The van der Waals surface area contributed by atoms with Crippen LogP contribution >= 0.6 is 12.6 Å². The number of carbonyl (C=O) groups excluding carboxylic acids is 1. The van der Waals surface area contributed by atoms with Crippen LogP contribution in [0, 0.1) is 0 Å². The molecule has 3 aromatic carbocycles. The van der Waals surface area contributed by atoms with E-state index in [0.29, 0.717) is 13.0 Å². The van der Waals surface area contributed by atoms with Gasteiger partial charge in [-0.2, -0.15) is 12.6 Å². The molecule has 0 spiro atoms. The van der Waals surface area contributed by atoms with Crippen LogP contribution in [0.3, 0.4) is 0 Å². The minimum absolute atomic E-state index is 0.0633. The Balaban J connectivity index is 1.45. The molecule has 1 amide bonds. The highest BCUT2D eigenvalue weighted by atomic mass is 32.1. The zero-order chi connectivity index (χ0) is 19.3. The molecule has 0 saturated carbocycles. The Morgan fingerprint density at radius 3 is 2.11 bits per heavy atom. The lowest BCUT2D eigenvalue weighted by Gasteiger charge is -2.27. The number of hydrogen-bond donors (Lipinski definition) is 1. The van der Waals surface area contributed by atoms with Crippen molar-refractivity contribution in [3.05, 3.63) is 96.1 Å². The first-order valence-electron chi connectivity index (χ1n) is 9.52. The molecule has 0 bridgehead atoms. The van der Waals surface area contributed by atoms with Gasteiger partial charge in [0.05, 0.1) is 0 Å². The van der Waals surface area contributed by atoms with Crippen molar-refractivity contribution < 1.29 is 9.53 Å². The lowest BCUT2D eigenvalue weighted by atomic mass is 10.0. The van der Waals surface area contributed by atoms with Crippen LogP contribution in [0.25, 0.3) is 0 Å². The van der Waals surface area contributed by atoms with Crippen LogP contribution in [0.15, 0.2) is 84.9 Å². The van der Waals surface area contributed by atoms with E-state index in [0.717, 1.165) is 23.5 Å². The van der Waals surface area contributed by atoms with E-state index in [1.165, 1.54) is 5.56 Å². The second kappa shape index (κ2) is 8.53. The number of nitrogens with zero attached hydrogens (tertiary/aromatic N) is 1. The Morgan fingerprint density at radius 1 is 0.821 bits per heavy atom. The fraction of sp³-hybridized carbons (Fsp3) is 0.208. The van der Waals surface area contributed by atoms with Gasteiger partial charge in [0.2, 0.25) is 5.91 Å². The summed E-state index contributed by atoms with van der Waals surface area (Å²) in [6.07, 6.45) is 1.33. The van der Waals surface area contributed by atoms with Crippen LogP contribution in [-0.2, 0) is 17.8 Å². The summed E-state index contributed by atoms with van der Waals surface area (Å²) < 4.78 is 5.85. The molecule has 1 fully saturated rings. The molecule has 1 aliphatic heterocycles. The minimum atomic E-state index is 0.0633. The molecule has 3 nitrogen and oxygen atoms in total. The van der Waals surface area contributed by atoms with Crippen LogP contribution in [0.4, 0.5) is 0 Å². The van der Waals surface area contributed by atoms with Crippen molar-refractivity contribution in [1.29, 1.82) is 0 Å². The third-order valence-electron chi connectivity index (χ3n) is 5.09. The summed E-state index contributed by atoms with van der Waals surface area (Å²) in [5.41, 5.74) is 2.33. The summed E-state index contributed by atoms with van der Waals surface area (Å²) in [4.78, 5) is 14.5. The highest BCUT2D eigenvalue weighted by molar-refractivity contribution is 7.81. The summed E-state index contributed by atoms with van der Waals surface area (Å²) in [6, 6.07) is 28.1. The average molecular weight is 390 g/mol. The molecule has 0 unspecified atom stereocenters. The van der Waals surface area contributed by atoms with Crippen molar-refractivity contribution in [2.45, 2.75) is 30.7 Å². The van der Waals surface area contributed by atoms with E-state index in [4.69, 9.17) is 17.4 Å². The number of carbonyl (C=O) groups is 1. The largest absolute Gasteiger partial charge is 0.457 e. The molecule has 142 valence electrons. The highest BCUT2D eigenvalue weighted by Crippen LogP contribution is 2.29. The van der Waals surface area contributed by atoms with Gasteiger partial charge < -0.3 is 9.64 Å². The zero-order valence-electron chi connectivity index (χ0n) is 15.6. The number of amides is 1. The van der Waals surface area contributed by atoms with Crippen LogP contribution < -0.4 is 4.74 Å². The lowest BCUT2D eigenvalue weighted by molar-refractivity contribution is -0.129. The number of hydrogen-bond acceptors (Lipinski definition) is 3. The SMILES string of the molecule is O=C1C[C@@H](S)[C@H](Cc2ccccc2)N1Cc1ccc(Oc2ccccc2)cc1. The van der Waals surface area contributed by atoms with Crippen LogP contribution in [0.2, 0.25) is 0 Å². The Hall–Kier alpha value is -2.72. The maximum atomic E-state index is 12.6. The average Bonchev–Trinajstić information content (AvgIpc) is 2.98. The molecule has 1 aliphatic rings. The predicted molar refractivity (Wildman–Crippen MR) is 115 cm³/mol. The Labute approximate surface area is 171 Å². The first kappa shape index (κ1) is 18.6. The Morgan fingerprint density at radius 2 is 1.43 bits per heavy atom. The van der Waals surface area contributed by atoms with E-state index >= 15 is 0 Å². The molecule has 1 saturated heterocycles. The maximum absolute atomic E-state index is 12.6. The number of para-hydroxylation sites is 1. The third-order valence-corrected chi connectivity index (χ3v) is 5.62.